The lowest BCUT2D eigenvalue weighted by Gasteiger charge is -2.15. The van der Waals surface area contributed by atoms with Crippen LogP contribution in [-0.4, -0.2) is 41.8 Å². The molecule has 1 aliphatic rings. The lowest BCUT2D eigenvalue weighted by Crippen LogP contribution is -2.27. The van der Waals surface area contributed by atoms with Gasteiger partial charge in [-0.2, -0.15) is 4.31 Å². The van der Waals surface area contributed by atoms with Crippen LogP contribution in [0.5, 0.6) is 0 Å². The summed E-state index contributed by atoms with van der Waals surface area (Å²) in [4.78, 5) is 17.1. The highest BCUT2D eigenvalue weighted by Gasteiger charge is 2.27. The van der Waals surface area contributed by atoms with Crippen LogP contribution in [0.4, 0.5) is 0 Å². The van der Waals surface area contributed by atoms with Crippen molar-refractivity contribution >= 4 is 27.6 Å². The van der Waals surface area contributed by atoms with Crippen molar-refractivity contribution in [3.63, 3.8) is 0 Å². The zero-order valence-corrected chi connectivity index (χ0v) is 17.4. The molecule has 0 amide bonds. The Kier molecular flexibility index (Phi) is 6.03. The number of carbonyl (C=O) groups is 1. The van der Waals surface area contributed by atoms with E-state index in [4.69, 9.17) is 0 Å². The Morgan fingerprint density at radius 1 is 1.11 bits per heavy atom. The monoisotopic (exact) mass is 404 g/mol. The molecule has 5 nitrogen and oxygen atoms in total. The Hall–Kier alpha value is -1.70. The molecule has 1 atom stereocenters. The second kappa shape index (κ2) is 8.12. The normalized spacial score (nSPS) is 16.4. The molecule has 144 valence electrons. The summed E-state index contributed by atoms with van der Waals surface area (Å²) in [5.74, 6) is 0.0404. The molecule has 1 saturated heterocycles. The number of pyridine rings is 1. The zero-order chi connectivity index (χ0) is 19.6. The van der Waals surface area contributed by atoms with Crippen LogP contribution in [0.25, 0.3) is 0 Å². The molecule has 0 saturated carbocycles. The summed E-state index contributed by atoms with van der Waals surface area (Å²) >= 11 is 1.34. The Balaban J connectivity index is 1.70. The maximum Gasteiger partial charge on any atom is 0.244 e. The van der Waals surface area contributed by atoms with Crippen LogP contribution in [0.15, 0.2) is 46.5 Å². The number of hydrogen-bond acceptors (Lipinski definition) is 5. The second-order valence-electron chi connectivity index (χ2n) is 6.87. The van der Waals surface area contributed by atoms with Gasteiger partial charge in [-0.15, -0.1) is 0 Å². The molecule has 1 aromatic heterocycles. The number of aromatic nitrogens is 1. The average molecular weight is 405 g/mol. The van der Waals surface area contributed by atoms with E-state index in [-0.39, 0.29) is 15.9 Å². The summed E-state index contributed by atoms with van der Waals surface area (Å²) in [6, 6.07) is 8.97. The van der Waals surface area contributed by atoms with Crippen LogP contribution in [0, 0.1) is 13.8 Å². The van der Waals surface area contributed by atoms with Crippen molar-refractivity contribution in [1.82, 2.24) is 9.29 Å². The van der Waals surface area contributed by atoms with Gasteiger partial charge in [-0.25, -0.2) is 13.4 Å². The summed E-state index contributed by atoms with van der Waals surface area (Å²) < 4.78 is 26.6. The Morgan fingerprint density at radius 3 is 2.41 bits per heavy atom. The minimum absolute atomic E-state index is 0.0404. The Labute approximate surface area is 165 Å². The highest BCUT2D eigenvalue weighted by atomic mass is 32.2. The first-order valence-electron chi connectivity index (χ1n) is 9.03. The molecular weight excluding hydrogens is 380 g/mol. The second-order valence-corrected chi connectivity index (χ2v) is 10.2. The number of benzene rings is 1. The van der Waals surface area contributed by atoms with Crippen molar-refractivity contribution in [2.75, 3.05) is 13.1 Å². The molecule has 0 N–H and O–H groups in total. The smallest absolute Gasteiger partial charge is 0.244 e. The number of aryl methyl sites for hydroxylation is 2. The first-order valence-corrected chi connectivity index (χ1v) is 11.4. The van der Waals surface area contributed by atoms with E-state index in [1.807, 2.05) is 39.0 Å². The minimum Gasteiger partial charge on any atom is -0.293 e. The van der Waals surface area contributed by atoms with Crippen molar-refractivity contribution in [2.45, 2.75) is 48.8 Å². The van der Waals surface area contributed by atoms with E-state index in [1.54, 1.807) is 12.1 Å². The maximum absolute atomic E-state index is 12.7. The number of hydrogen-bond donors (Lipinski definition) is 0. The predicted molar refractivity (Wildman–Crippen MR) is 108 cm³/mol. The molecule has 0 aliphatic carbocycles. The van der Waals surface area contributed by atoms with Crippen LogP contribution in [-0.2, 0) is 10.0 Å². The summed E-state index contributed by atoms with van der Waals surface area (Å²) in [5.41, 5.74) is 2.93. The first kappa shape index (κ1) is 20.0. The average Bonchev–Trinajstić information content (AvgIpc) is 3.19. The zero-order valence-electron chi connectivity index (χ0n) is 15.8. The van der Waals surface area contributed by atoms with Crippen molar-refractivity contribution in [3.05, 3.63) is 53.2 Å². The topological polar surface area (TPSA) is 67.3 Å². The van der Waals surface area contributed by atoms with E-state index >= 15 is 0 Å². The van der Waals surface area contributed by atoms with Gasteiger partial charge in [0, 0.05) is 24.8 Å². The molecule has 0 bridgehead atoms. The number of sulfonamides is 1. The first-order chi connectivity index (χ1) is 12.8. The van der Waals surface area contributed by atoms with Crippen molar-refractivity contribution in [1.29, 1.82) is 0 Å². The molecule has 3 rings (SSSR count). The quantitative estimate of drug-likeness (QED) is 0.540. The van der Waals surface area contributed by atoms with Crippen LogP contribution in [0.3, 0.4) is 0 Å². The number of rotatable bonds is 6. The van der Waals surface area contributed by atoms with Crippen LogP contribution in [0.1, 0.15) is 41.3 Å². The van der Waals surface area contributed by atoms with Gasteiger partial charge in [0.15, 0.2) is 5.78 Å². The molecule has 0 spiro atoms. The van der Waals surface area contributed by atoms with Gasteiger partial charge in [-0.05, 0) is 62.9 Å². The molecule has 1 unspecified atom stereocenters. The molecule has 1 fully saturated rings. The van der Waals surface area contributed by atoms with E-state index < -0.39 is 10.0 Å². The predicted octanol–water partition coefficient (Wildman–Crippen LogP) is 3.85. The third-order valence-corrected chi connectivity index (χ3v) is 7.80. The van der Waals surface area contributed by atoms with Gasteiger partial charge in [0.25, 0.3) is 0 Å². The fraction of sp³-hybridized carbons (Fsp3) is 0.400. The maximum atomic E-state index is 12.7. The number of nitrogens with zero attached hydrogens (tertiary/aromatic N) is 2. The molecule has 2 aromatic rings. The molecule has 7 heteroatoms. The summed E-state index contributed by atoms with van der Waals surface area (Å²) in [6.45, 7) is 6.99. The molecule has 0 radical (unpaired) electrons. The lowest BCUT2D eigenvalue weighted by molar-refractivity contribution is 0.0994. The largest absolute Gasteiger partial charge is 0.293 e. The third kappa shape index (κ3) is 4.42. The Morgan fingerprint density at radius 2 is 1.81 bits per heavy atom. The highest BCUT2D eigenvalue weighted by Crippen LogP contribution is 2.27. The van der Waals surface area contributed by atoms with Gasteiger partial charge in [0.2, 0.25) is 10.0 Å². The minimum atomic E-state index is -3.46. The van der Waals surface area contributed by atoms with E-state index in [9.17, 15) is 13.2 Å². The van der Waals surface area contributed by atoms with Gasteiger partial charge >= 0.3 is 0 Å². The number of carbonyl (C=O) groups excluding carboxylic acids is 1. The summed E-state index contributed by atoms with van der Waals surface area (Å²) in [5, 5.41) is 0.334. The van der Waals surface area contributed by atoms with E-state index in [0.29, 0.717) is 23.7 Å². The van der Waals surface area contributed by atoms with E-state index in [1.165, 1.54) is 22.3 Å². The van der Waals surface area contributed by atoms with E-state index in [0.717, 1.165) is 24.0 Å². The number of Topliss-reactive ketones (excluding diaryl/α,β-unsaturated/α-hetero) is 1. The fourth-order valence-electron chi connectivity index (χ4n) is 3.03. The number of thioether (sulfide) groups is 1. The van der Waals surface area contributed by atoms with Gasteiger partial charge in [-0.1, -0.05) is 23.9 Å². The van der Waals surface area contributed by atoms with Gasteiger partial charge in [0.1, 0.15) is 4.90 Å². The van der Waals surface area contributed by atoms with Crippen molar-refractivity contribution in [2.24, 2.45) is 0 Å². The lowest BCUT2D eigenvalue weighted by atomic mass is 10.0. The highest BCUT2D eigenvalue weighted by molar-refractivity contribution is 8.00. The molecule has 1 aliphatic heterocycles. The standard InChI is InChI=1S/C20H24N2O3S2/c1-14-6-7-17(12-15(14)2)20(23)16(3)26-19-9-8-18(13-21-19)27(24,25)22-10-4-5-11-22/h6-9,12-13,16H,4-5,10-11H2,1-3H3. The summed E-state index contributed by atoms with van der Waals surface area (Å²) in [7, 11) is -3.46. The molecular formula is C20H24N2O3S2. The SMILES string of the molecule is Cc1ccc(C(=O)C(C)Sc2ccc(S(=O)(=O)N3CCCC3)cn2)cc1C. The van der Waals surface area contributed by atoms with Crippen LogP contribution < -0.4 is 0 Å². The van der Waals surface area contributed by atoms with Gasteiger partial charge in [-0.3, -0.25) is 4.79 Å². The van der Waals surface area contributed by atoms with Gasteiger partial charge < -0.3 is 0 Å². The molecule has 2 heterocycles. The van der Waals surface area contributed by atoms with Crippen LogP contribution >= 0.6 is 11.8 Å². The van der Waals surface area contributed by atoms with Crippen molar-refractivity contribution in [3.8, 4) is 0 Å². The van der Waals surface area contributed by atoms with Crippen LogP contribution in [0.2, 0.25) is 0 Å². The number of ketones is 1. The third-order valence-electron chi connectivity index (χ3n) is 4.87. The van der Waals surface area contributed by atoms with Crippen molar-refractivity contribution < 1.29 is 13.2 Å². The molecule has 1 aromatic carbocycles. The summed E-state index contributed by atoms with van der Waals surface area (Å²) in [6.07, 6.45) is 3.20. The fourth-order valence-corrected chi connectivity index (χ4v) is 5.36. The van der Waals surface area contributed by atoms with Gasteiger partial charge in [0.05, 0.1) is 10.3 Å². The van der Waals surface area contributed by atoms with E-state index in [2.05, 4.69) is 4.98 Å². The molecule has 27 heavy (non-hydrogen) atoms. The Bertz CT molecular complexity index is 934.